The fourth-order valence-electron chi connectivity index (χ4n) is 2.49. The van der Waals surface area contributed by atoms with Gasteiger partial charge in [-0.3, -0.25) is 9.20 Å². The SMILES string of the molecule is Cc1ccc(C(=O)N(C)C)cc1NC(=O)NCc1nnc2ccccn12. The van der Waals surface area contributed by atoms with E-state index >= 15 is 0 Å². The molecule has 0 radical (unpaired) electrons. The second-order valence-electron chi connectivity index (χ2n) is 6.08. The summed E-state index contributed by atoms with van der Waals surface area (Å²) in [5.41, 5.74) is 2.68. The molecule has 2 heterocycles. The van der Waals surface area contributed by atoms with Crippen LogP contribution in [0.2, 0.25) is 0 Å². The smallest absolute Gasteiger partial charge is 0.319 e. The van der Waals surface area contributed by atoms with E-state index < -0.39 is 0 Å². The van der Waals surface area contributed by atoms with Crippen molar-refractivity contribution < 1.29 is 9.59 Å². The first-order valence-corrected chi connectivity index (χ1v) is 8.11. The third-order valence-corrected chi connectivity index (χ3v) is 3.93. The molecule has 8 nitrogen and oxygen atoms in total. The van der Waals surface area contributed by atoms with Crippen LogP contribution in [-0.4, -0.2) is 45.5 Å². The lowest BCUT2D eigenvalue weighted by atomic mass is 10.1. The first kappa shape index (κ1) is 17.4. The van der Waals surface area contributed by atoms with Gasteiger partial charge in [0.1, 0.15) is 0 Å². The number of pyridine rings is 1. The van der Waals surface area contributed by atoms with E-state index in [4.69, 9.17) is 0 Å². The van der Waals surface area contributed by atoms with Gasteiger partial charge in [0.15, 0.2) is 11.5 Å². The maximum atomic E-state index is 12.2. The lowest BCUT2D eigenvalue weighted by molar-refractivity contribution is 0.0827. The van der Waals surface area contributed by atoms with Gasteiger partial charge in [0.05, 0.1) is 6.54 Å². The Bertz CT molecular complexity index is 963. The van der Waals surface area contributed by atoms with Crippen LogP contribution >= 0.6 is 0 Å². The van der Waals surface area contributed by atoms with Crippen molar-refractivity contribution in [3.8, 4) is 0 Å². The minimum Gasteiger partial charge on any atom is -0.345 e. The number of nitrogens with one attached hydrogen (secondary N) is 2. The molecular weight excluding hydrogens is 332 g/mol. The van der Waals surface area contributed by atoms with Crippen molar-refractivity contribution in [1.29, 1.82) is 0 Å². The molecule has 0 aliphatic rings. The van der Waals surface area contributed by atoms with Crippen LogP contribution in [0.4, 0.5) is 10.5 Å². The monoisotopic (exact) mass is 352 g/mol. The largest absolute Gasteiger partial charge is 0.345 e. The van der Waals surface area contributed by atoms with Crippen molar-refractivity contribution >= 4 is 23.3 Å². The highest BCUT2D eigenvalue weighted by Crippen LogP contribution is 2.17. The zero-order chi connectivity index (χ0) is 18.7. The van der Waals surface area contributed by atoms with E-state index in [-0.39, 0.29) is 18.5 Å². The van der Waals surface area contributed by atoms with Crippen molar-refractivity contribution in [3.63, 3.8) is 0 Å². The minimum absolute atomic E-state index is 0.122. The predicted molar refractivity (Wildman–Crippen MR) is 98.0 cm³/mol. The Morgan fingerprint density at radius 1 is 1.15 bits per heavy atom. The van der Waals surface area contributed by atoms with Gasteiger partial charge in [-0.15, -0.1) is 10.2 Å². The maximum absolute atomic E-state index is 12.2. The number of rotatable bonds is 4. The molecule has 134 valence electrons. The third-order valence-electron chi connectivity index (χ3n) is 3.93. The van der Waals surface area contributed by atoms with E-state index in [1.54, 1.807) is 32.3 Å². The lowest BCUT2D eigenvalue weighted by Crippen LogP contribution is -2.29. The highest BCUT2D eigenvalue weighted by molar-refractivity contribution is 5.97. The Balaban J connectivity index is 1.68. The van der Waals surface area contributed by atoms with Gasteiger partial charge in [0.25, 0.3) is 5.91 Å². The van der Waals surface area contributed by atoms with Gasteiger partial charge in [0, 0.05) is 31.5 Å². The number of aromatic nitrogens is 3. The minimum atomic E-state index is -0.379. The van der Waals surface area contributed by atoms with Crippen molar-refractivity contribution in [2.75, 3.05) is 19.4 Å². The number of hydrogen-bond donors (Lipinski definition) is 2. The van der Waals surface area contributed by atoms with Crippen molar-refractivity contribution in [2.45, 2.75) is 13.5 Å². The zero-order valence-electron chi connectivity index (χ0n) is 14.9. The predicted octanol–water partition coefficient (Wildman–Crippen LogP) is 2.06. The fourth-order valence-corrected chi connectivity index (χ4v) is 2.49. The van der Waals surface area contributed by atoms with Gasteiger partial charge in [0.2, 0.25) is 0 Å². The molecule has 0 bridgehead atoms. The Labute approximate surface area is 150 Å². The van der Waals surface area contributed by atoms with Crippen LogP contribution in [0.5, 0.6) is 0 Å². The van der Waals surface area contributed by atoms with Crippen LogP contribution in [-0.2, 0) is 6.54 Å². The summed E-state index contributed by atoms with van der Waals surface area (Å²) in [6.07, 6.45) is 1.84. The summed E-state index contributed by atoms with van der Waals surface area (Å²) in [5, 5.41) is 13.6. The number of fused-ring (bicyclic) bond motifs is 1. The van der Waals surface area contributed by atoms with Gasteiger partial charge in [-0.2, -0.15) is 0 Å². The zero-order valence-corrected chi connectivity index (χ0v) is 14.9. The second-order valence-corrected chi connectivity index (χ2v) is 6.08. The van der Waals surface area contributed by atoms with E-state index in [0.29, 0.717) is 17.1 Å². The number of urea groups is 1. The van der Waals surface area contributed by atoms with E-state index in [1.165, 1.54) is 4.90 Å². The molecule has 0 aliphatic heterocycles. The van der Waals surface area contributed by atoms with Crippen LogP contribution in [0.15, 0.2) is 42.6 Å². The summed E-state index contributed by atoms with van der Waals surface area (Å²) in [6, 6.07) is 10.4. The number of aryl methyl sites for hydroxylation is 1. The van der Waals surface area contributed by atoms with Gasteiger partial charge in [-0.25, -0.2) is 4.79 Å². The van der Waals surface area contributed by atoms with E-state index in [1.807, 2.05) is 35.7 Å². The van der Waals surface area contributed by atoms with Crippen molar-refractivity contribution in [3.05, 3.63) is 59.5 Å². The number of benzene rings is 1. The Morgan fingerprint density at radius 3 is 2.73 bits per heavy atom. The third kappa shape index (κ3) is 3.64. The first-order valence-electron chi connectivity index (χ1n) is 8.11. The molecule has 0 unspecified atom stereocenters. The quantitative estimate of drug-likeness (QED) is 0.752. The number of carbonyl (C=O) groups is 2. The molecule has 0 aliphatic carbocycles. The summed E-state index contributed by atoms with van der Waals surface area (Å²) < 4.78 is 1.81. The summed E-state index contributed by atoms with van der Waals surface area (Å²) in [7, 11) is 3.37. The molecule has 3 aromatic rings. The molecule has 0 saturated heterocycles. The van der Waals surface area contributed by atoms with Crippen LogP contribution in [0, 0.1) is 6.92 Å². The average Bonchev–Trinajstić information content (AvgIpc) is 3.04. The Hall–Kier alpha value is -3.42. The molecular formula is C18H20N6O2. The summed E-state index contributed by atoms with van der Waals surface area (Å²) >= 11 is 0. The van der Waals surface area contributed by atoms with Crippen molar-refractivity contribution in [2.24, 2.45) is 0 Å². The average molecular weight is 352 g/mol. The van der Waals surface area contributed by atoms with Gasteiger partial charge >= 0.3 is 6.03 Å². The molecule has 3 amide bonds. The molecule has 26 heavy (non-hydrogen) atoms. The first-order chi connectivity index (χ1) is 12.5. The molecule has 0 atom stereocenters. The maximum Gasteiger partial charge on any atom is 0.319 e. The standard InChI is InChI=1S/C18H20N6O2/c1-12-7-8-13(17(25)23(2)3)10-14(12)20-18(26)19-11-16-22-21-15-6-4-5-9-24(15)16/h4-10H,11H2,1-3H3,(H2,19,20,26). The lowest BCUT2D eigenvalue weighted by Gasteiger charge is -2.14. The molecule has 0 saturated carbocycles. The normalized spacial score (nSPS) is 10.6. The molecule has 0 fully saturated rings. The highest BCUT2D eigenvalue weighted by atomic mass is 16.2. The molecule has 1 aromatic carbocycles. The molecule has 3 rings (SSSR count). The van der Waals surface area contributed by atoms with Crippen molar-refractivity contribution in [1.82, 2.24) is 24.8 Å². The number of hydrogen-bond acceptors (Lipinski definition) is 4. The second kappa shape index (κ2) is 7.22. The highest BCUT2D eigenvalue weighted by Gasteiger charge is 2.12. The Morgan fingerprint density at radius 2 is 1.96 bits per heavy atom. The molecule has 2 N–H and O–H groups in total. The summed E-state index contributed by atoms with van der Waals surface area (Å²) in [6.45, 7) is 2.10. The molecule has 0 spiro atoms. The van der Waals surface area contributed by atoms with Gasteiger partial charge in [-0.1, -0.05) is 12.1 Å². The van der Waals surface area contributed by atoms with Gasteiger partial charge < -0.3 is 15.5 Å². The molecule has 8 heteroatoms. The molecule has 2 aromatic heterocycles. The number of anilines is 1. The fraction of sp³-hybridized carbons (Fsp3) is 0.222. The number of amides is 3. The van der Waals surface area contributed by atoms with Crippen LogP contribution < -0.4 is 10.6 Å². The van der Waals surface area contributed by atoms with E-state index in [2.05, 4.69) is 20.8 Å². The number of nitrogens with zero attached hydrogens (tertiary/aromatic N) is 4. The topological polar surface area (TPSA) is 91.6 Å². The van der Waals surface area contributed by atoms with E-state index in [9.17, 15) is 9.59 Å². The van der Waals surface area contributed by atoms with Crippen LogP contribution in [0.1, 0.15) is 21.7 Å². The van der Waals surface area contributed by atoms with E-state index in [0.717, 1.165) is 11.2 Å². The summed E-state index contributed by atoms with van der Waals surface area (Å²) in [4.78, 5) is 25.8. The summed E-state index contributed by atoms with van der Waals surface area (Å²) in [5.74, 6) is 0.507. The van der Waals surface area contributed by atoms with Crippen LogP contribution in [0.3, 0.4) is 0 Å². The number of carbonyl (C=O) groups excluding carboxylic acids is 2. The van der Waals surface area contributed by atoms with Crippen LogP contribution in [0.25, 0.3) is 5.65 Å². The Kier molecular flexibility index (Phi) is 4.83. The van der Waals surface area contributed by atoms with Gasteiger partial charge in [-0.05, 0) is 36.8 Å².